The highest BCUT2D eigenvalue weighted by molar-refractivity contribution is 14.1. The first-order chi connectivity index (χ1) is 13.6. The Hall–Kier alpha value is -1.25. The average Bonchev–Trinajstić information content (AvgIpc) is 3.04. The number of benzene rings is 1. The van der Waals surface area contributed by atoms with Crippen molar-refractivity contribution in [3.05, 3.63) is 51.6 Å². The molecular weight excluding hydrogens is 465 g/mol. The second kappa shape index (κ2) is 8.63. The number of carbonyl (C=O) groups is 1. The van der Waals surface area contributed by atoms with Crippen LogP contribution in [0.3, 0.4) is 0 Å². The fourth-order valence-electron chi connectivity index (χ4n) is 4.67. The van der Waals surface area contributed by atoms with Crippen LogP contribution in [0.5, 0.6) is 0 Å². The lowest BCUT2D eigenvalue weighted by molar-refractivity contribution is -0.125. The van der Waals surface area contributed by atoms with E-state index in [4.69, 9.17) is 9.72 Å². The van der Waals surface area contributed by atoms with E-state index in [1.807, 2.05) is 18.2 Å². The van der Waals surface area contributed by atoms with Gasteiger partial charge in [-0.3, -0.25) is 9.69 Å². The van der Waals surface area contributed by atoms with Crippen LogP contribution in [0.1, 0.15) is 56.5 Å². The molecule has 0 atom stereocenters. The van der Waals surface area contributed by atoms with Crippen LogP contribution in [0.2, 0.25) is 0 Å². The second-order valence-corrected chi connectivity index (χ2v) is 9.14. The molecule has 6 heteroatoms. The van der Waals surface area contributed by atoms with E-state index < -0.39 is 0 Å². The van der Waals surface area contributed by atoms with E-state index in [1.165, 1.54) is 5.56 Å². The molecule has 2 fully saturated rings. The van der Waals surface area contributed by atoms with Crippen LogP contribution in [-0.2, 0) is 22.7 Å². The van der Waals surface area contributed by atoms with Gasteiger partial charge in [-0.05, 0) is 47.4 Å². The summed E-state index contributed by atoms with van der Waals surface area (Å²) in [7, 11) is 0. The van der Waals surface area contributed by atoms with Gasteiger partial charge in [-0.1, -0.05) is 37.3 Å². The van der Waals surface area contributed by atoms with E-state index in [2.05, 4.69) is 57.3 Å². The molecule has 150 valence electrons. The van der Waals surface area contributed by atoms with Crippen LogP contribution in [0.25, 0.3) is 0 Å². The van der Waals surface area contributed by atoms with Gasteiger partial charge in [0.15, 0.2) is 0 Å². The first-order valence-corrected chi connectivity index (χ1v) is 11.3. The molecular formula is C22H28IN3O2. The van der Waals surface area contributed by atoms with Crippen molar-refractivity contribution < 1.29 is 9.53 Å². The van der Waals surface area contributed by atoms with Crippen LogP contribution in [-0.4, -0.2) is 38.9 Å². The Balaban J connectivity index is 1.38. The molecule has 1 aliphatic carbocycles. The summed E-state index contributed by atoms with van der Waals surface area (Å²) in [4.78, 5) is 18.9. The summed E-state index contributed by atoms with van der Waals surface area (Å²) in [6, 6.07) is 10.7. The molecule has 0 unspecified atom stereocenters. The molecule has 1 saturated carbocycles. The molecule has 2 aromatic rings. The third-order valence-electron chi connectivity index (χ3n) is 6.40. The van der Waals surface area contributed by atoms with Gasteiger partial charge in [-0.2, -0.15) is 0 Å². The largest absolute Gasteiger partial charge is 0.369 e. The van der Waals surface area contributed by atoms with Gasteiger partial charge in [0, 0.05) is 43.7 Å². The number of halogens is 1. The predicted octanol–water partition coefficient (Wildman–Crippen LogP) is 4.35. The topological polar surface area (TPSA) is 47.4 Å². The molecule has 0 bridgehead atoms. The highest BCUT2D eigenvalue weighted by atomic mass is 127. The molecule has 5 nitrogen and oxygen atoms in total. The number of ether oxygens (including phenoxy) is 1. The second-order valence-electron chi connectivity index (χ2n) is 8.03. The summed E-state index contributed by atoms with van der Waals surface area (Å²) in [5.41, 5.74) is 1.44. The third-order valence-corrected chi connectivity index (χ3v) is 6.92. The van der Waals surface area contributed by atoms with E-state index in [9.17, 15) is 4.79 Å². The van der Waals surface area contributed by atoms with Crippen molar-refractivity contribution in [3.8, 4) is 0 Å². The Kier molecular flexibility index (Phi) is 6.18. The zero-order valence-corrected chi connectivity index (χ0v) is 18.6. The van der Waals surface area contributed by atoms with E-state index in [1.54, 1.807) is 0 Å². The number of likely N-dealkylation sites (tertiary alicyclic amines) is 1. The van der Waals surface area contributed by atoms with Crippen LogP contribution in [0.15, 0.2) is 36.5 Å². The summed E-state index contributed by atoms with van der Waals surface area (Å²) in [5, 5.41) is 0. The number of imidazole rings is 1. The number of hydrogen-bond donors (Lipinski definition) is 0. The zero-order valence-electron chi connectivity index (χ0n) is 16.4. The normalized spacial score (nSPS) is 25.6. The number of aromatic nitrogens is 2. The summed E-state index contributed by atoms with van der Waals surface area (Å²) in [6.07, 6.45) is 7.00. The molecule has 1 aromatic heterocycles. The number of hydrogen-bond acceptors (Lipinski definition) is 4. The molecule has 28 heavy (non-hydrogen) atoms. The van der Waals surface area contributed by atoms with Crippen molar-refractivity contribution in [1.29, 1.82) is 0 Å². The Morgan fingerprint density at radius 1 is 1.18 bits per heavy atom. The van der Waals surface area contributed by atoms with E-state index in [0.29, 0.717) is 37.9 Å². The van der Waals surface area contributed by atoms with Crippen molar-refractivity contribution in [1.82, 2.24) is 14.5 Å². The van der Waals surface area contributed by atoms with E-state index in [-0.39, 0.29) is 5.54 Å². The number of Topliss-reactive ketones (excluding diaryl/α,β-unsaturated/α-hetero) is 1. The van der Waals surface area contributed by atoms with Crippen molar-refractivity contribution in [3.63, 3.8) is 0 Å². The van der Waals surface area contributed by atoms with Crippen LogP contribution in [0, 0.1) is 3.70 Å². The van der Waals surface area contributed by atoms with Crippen LogP contribution >= 0.6 is 22.6 Å². The summed E-state index contributed by atoms with van der Waals surface area (Å²) >= 11 is 2.29. The summed E-state index contributed by atoms with van der Waals surface area (Å²) in [5.74, 6) is 1.43. The van der Waals surface area contributed by atoms with Gasteiger partial charge in [0.05, 0.1) is 6.61 Å². The van der Waals surface area contributed by atoms with Gasteiger partial charge in [0.2, 0.25) is 0 Å². The summed E-state index contributed by atoms with van der Waals surface area (Å²) in [6.45, 7) is 5.28. The van der Waals surface area contributed by atoms with Gasteiger partial charge in [0.25, 0.3) is 0 Å². The molecule has 1 aliphatic heterocycles. The summed E-state index contributed by atoms with van der Waals surface area (Å²) < 4.78 is 9.30. The molecule has 2 heterocycles. The predicted molar refractivity (Wildman–Crippen MR) is 117 cm³/mol. The molecule has 0 radical (unpaired) electrons. The fraction of sp³-hybridized carbons (Fsp3) is 0.545. The highest BCUT2D eigenvalue weighted by Gasteiger charge is 2.48. The highest BCUT2D eigenvalue weighted by Crippen LogP contribution is 2.48. The molecule has 0 spiro atoms. The SMILES string of the molecule is CCC1(N2CCC(=O)CC2)CC(n2cc(I)nc2COCc2ccccc2)C1. The standard InChI is InChI=1S/C22H28IN3O2/c1-2-22(25-10-8-19(27)9-11-25)12-18(13-22)26-14-20(23)24-21(26)16-28-15-17-6-4-3-5-7-17/h3-7,14,18H,2,8-13,15-16H2,1H3. The maximum Gasteiger partial charge on any atom is 0.136 e. The van der Waals surface area contributed by atoms with Gasteiger partial charge >= 0.3 is 0 Å². The molecule has 1 saturated heterocycles. The molecule has 0 amide bonds. The Morgan fingerprint density at radius 3 is 2.57 bits per heavy atom. The fourth-order valence-corrected chi connectivity index (χ4v) is 5.25. The minimum absolute atomic E-state index is 0.253. The lowest BCUT2D eigenvalue weighted by atomic mass is 9.68. The Labute approximate surface area is 180 Å². The lowest BCUT2D eigenvalue weighted by Gasteiger charge is -2.55. The van der Waals surface area contributed by atoms with Crippen molar-refractivity contribution in [2.24, 2.45) is 0 Å². The molecule has 4 rings (SSSR count). The number of nitrogens with zero attached hydrogens (tertiary/aromatic N) is 3. The van der Waals surface area contributed by atoms with E-state index in [0.717, 1.165) is 41.9 Å². The quantitative estimate of drug-likeness (QED) is 0.539. The van der Waals surface area contributed by atoms with E-state index >= 15 is 0 Å². The number of carbonyl (C=O) groups excluding carboxylic acids is 1. The number of rotatable bonds is 7. The molecule has 1 aromatic carbocycles. The Bertz CT molecular complexity index is 804. The van der Waals surface area contributed by atoms with Gasteiger partial charge in [-0.15, -0.1) is 0 Å². The minimum atomic E-state index is 0.253. The van der Waals surface area contributed by atoms with Crippen LogP contribution < -0.4 is 0 Å². The monoisotopic (exact) mass is 493 g/mol. The maximum absolute atomic E-state index is 11.6. The maximum atomic E-state index is 11.6. The smallest absolute Gasteiger partial charge is 0.136 e. The van der Waals surface area contributed by atoms with Gasteiger partial charge < -0.3 is 9.30 Å². The first-order valence-electron chi connectivity index (χ1n) is 10.2. The third kappa shape index (κ3) is 4.19. The van der Waals surface area contributed by atoms with Crippen LogP contribution in [0.4, 0.5) is 0 Å². The van der Waals surface area contributed by atoms with Gasteiger partial charge in [0.1, 0.15) is 21.9 Å². The van der Waals surface area contributed by atoms with Gasteiger partial charge in [-0.25, -0.2) is 4.98 Å². The average molecular weight is 493 g/mol. The molecule has 0 N–H and O–H groups in total. The van der Waals surface area contributed by atoms with Crippen molar-refractivity contribution in [2.75, 3.05) is 13.1 Å². The Morgan fingerprint density at radius 2 is 1.89 bits per heavy atom. The minimum Gasteiger partial charge on any atom is -0.369 e. The van der Waals surface area contributed by atoms with Crippen molar-refractivity contribution >= 4 is 28.4 Å². The first kappa shape index (κ1) is 20.0. The van der Waals surface area contributed by atoms with Crippen molar-refractivity contribution in [2.45, 2.75) is 63.8 Å². The number of piperidine rings is 1. The number of ketones is 1. The lowest BCUT2D eigenvalue weighted by Crippen LogP contribution is -2.59. The molecule has 2 aliphatic rings. The zero-order chi connectivity index (χ0) is 19.6.